The number of amides is 3. The van der Waals surface area contributed by atoms with E-state index in [0.29, 0.717) is 35.8 Å². The summed E-state index contributed by atoms with van der Waals surface area (Å²) in [6, 6.07) is 7.68. The summed E-state index contributed by atoms with van der Waals surface area (Å²) >= 11 is 6.52. The first kappa shape index (κ1) is 19.6. The van der Waals surface area contributed by atoms with E-state index in [0.717, 1.165) is 29.8 Å². The van der Waals surface area contributed by atoms with Crippen LogP contribution >= 0.6 is 11.6 Å². The maximum atomic E-state index is 12.8. The summed E-state index contributed by atoms with van der Waals surface area (Å²) in [5, 5.41) is 12.8. The van der Waals surface area contributed by atoms with Crippen LogP contribution in [0, 0.1) is 13.8 Å². The first-order valence-corrected chi connectivity index (χ1v) is 10.3. The van der Waals surface area contributed by atoms with Crippen molar-refractivity contribution >= 4 is 29.8 Å². The molecule has 1 N–H and O–H groups in total. The quantitative estimate of drug-likeness (QED) is 0.611. The van der Waals surface area contributed by atoms with Crippen LogP contribution in [0.15, 0.2) is 29.4 Å². The van der Waals surface area contributed by atoms with Gasteiger partial charge in [0.15, 0.2) is 0 Å². The highest BCUT2D eigenvalue weighted by atomic mass is 35.5. The smallest absolute Gasteiger partial charge is 0.321 e. The number of benzene rings is 1. The Balaban J connectivity index is 1.54. The maximum absolute atomic E-state index is 12.8. The number of aryl methyl sites for hydroxylation is 2. The zero-order chi connectivity index (χ0) is 20.6. The summed E-state index contributed by atoms with van der Waals surface area (Å²) < 4.78 is 1.69. The molecule has 8 heteroatoms. The van der Waals surface area contributed by atoms with Crippen LogP contribution in [0.3, 0.4) is 0 Å². The molecule has 1 saturated carbocycles. The molecule has 2 aromatic rings. The van der Waals surface area contributed by atoms with Crippen molar-refractivity contribution in [3.8, 4) is 0 Å². The molecule has 2 fully saturated rings. The third kappa shape index (κ3) is 3.67. The van der Waals surface area contributed by atoms with Crippen LogP contribution < -0.4 is 5.32 Å². The summed E-state index contributed by atoms with van der Waals surface area (Å²) in [4.78, 5) is 25.2. The van der Waals surface area contributed by atoms with E-state index in [2.05, 4.69) is 15.5 Å². The zero-order valence-corrected chi connectivity index (χ0v) is 17.4. The molecule has 1 aromatic heterocycles. The Morgan fingerprint density at radius 3 is 2.55 bits per heavy atom. The van der Waals surface area contributed by atoms with Gasteiger partial charge < -0.3 is 5.32 Å². The molecule has 29 heavy (non-hydrogen) atoms. The number of carbonyl (C=O) groups is 2. The van der Waals surface area contributed by atoms with Gasteiger partial charge in [0.2, 0.25) is 0 Å². The number of hydrazone groups is 1. The Labute approximate surface area is 174 Å². The molecule has 1 aliphatic carbocycles. The van der Waals surface area contributed by atoms with Crippen molar-refractivity contribution in [2.45, 2.75) is 58.0 Å². The molecule has 4 rings (SSSR count). The van der Waals surface area contributed by atoms with E-state index in [4.69, 9.17) is 11.6 Å². The molecule has 7 nitrogen and oxygen atoms in total. The normalized spacial score (nSPS) is 18.8. The van der Waals surface area contributed by atoms with Crippen molar-refractivity contribution < 1.29 is 9.59 Å². The molecule has 0 unspecified atom stereocenters. The summed E-state index contributed by atoms with van der Waals surface area (Å²) in [7, 11) is 0. The molecular weight excluding hydrogens is 390 g/mol. The lowest BCUT2D eigenvalue weighted by Crippen LogP contribution is -2.48. The molecule has 0 bridgehead atoms. The Hall–Kier alpha value is -2.67. The van der Waals surface area contributed by atoms with Crippen LogP contribution in [0.25, 0.3) is 0 Å². The number of nitrogens with one attached hydrogen (secondary N) is 1. The van der Waals surface area contributed by atoms with Crippen molar-refractivity contribution in [1.82, 2.24) is 20.1 Å². The number of hydrogen-bond acceptors (Lipinski definition) is 4. The largest absolute Gasteiger partial charge is 0.346 e. The van der Waals surface area contributed by atoms with Crippen molar-refractivity contribution in [3.63, 3.8) is 0 Å². The van der Waals surface area contributed by atoms with Gasteiger partial charge in [0, 0.05) is 0 Å². The standard InChI is InChI=1S/C21H24ClN5O2/c1-14-6-8-16(9-7-14)13-26-18(22)17(15(2)25-26)12-23-27-19(28)21(24-20(27)29)10-4-3-5-11-21/h6-9,12H,3-5,10-11,13H2,1-2H3,(H,24,29). The number of hydrogen-bond donors (Lipinski definition) is 1. The van der Waals surface area contributed by atoms with Crippen LogP contribution in [0.4, 0.5) is 4.79 Å². The molecule has 1 aromatic carbocycles. The second-order valence-corrected chi connectivity index (χ2v) is 8.23. The van der Waals surface area contributed by atoms with E-state index in [-0.39, 0.29) is 5.91 Å². The highest BCUT2D eigenvalue weighted by Crippen LogP contribution is 2.33. The first-order chi connectivity index (χ1) is 13.9. The van der Waals surface area contributed by atoms with E-state index in [1.807, 2.05) is 38.1 Å². The summed E-state index contributed by atoms with van der Waals surface area (Å²) in [5.74, 6) is -0.278. The Morgan fingerprint density at radius 1 is 1.17 bits per heavy atom. The number of urea groups is 1. The van der Waals surface area contributed by atoms with E-state index in [1.165, 1.54) is 11.8 Å². The average molecular weight is 414 g/mol. The van der Waals surface area contributed by atoms with Crippen LogP contribution in [0.5, 0.6) is 0 Å². The van der Waals surface area contributed by atoms with E-state index in [9.17, 15) is 9.59 Å². The SMILES string of the molecule is Cc1ccc(Cn2nc(C)c(C=NN3C(=O)NC4(CCCCC4)C3=O)c2Cl)cc1. The van der Waals surface area contributed by atoms with E-state index >= 15 is 0 Å². The van der Waals surface area contributed by atoms with Gasteiger partial charge in [0.25, 0.3) is 5.91 Å². The fourth-order valence-corrected chi connectivity index (χ4v) is 4.29. The number of carbonyl (C=O) groups excluding carboxylic acids is 2. The molecule has 2 heterocycles. The number of nitrogens with zero attached hydrogens (tertiary/aromatic N) is 4. The Bertz CT molecular complexity index is 974. The van der Waals surface area contributed by atoms with Crippen molar-refractivity contribution in [2.24, 2.45) is 5.10 Å². The second-order valence-electron chi connectivity index (χ2n) is 7.87. The predicted molar refractivity (Wildman–Crippen MR) is 111 cm³/mol. The lowest BCUT2D eigenvalue weighted by atomic mass is 9.82. The predicted octanol–water partition coefficient (Wildman–Crippen LogP) is 3.79. The lowest BCUT2D eigenvalue weighted by Gasteiger charge is -2.29. The van der Waals surface area contributed by atoms with Gasteiger partial charge in [0.05, 0.1) is 24.0 Å². The molecule has 3 amide bonds. The highest BCUT2D eigenvalue weighted by Gasteiger charge is 2.51. The second kappa shape index (κ2) is 7.63. The van der Waals surface area contributed by atoms with Crippen LogP contribution in [0.1, 0.15) is 54.5 Å². The minimum atomic E-state index is -0.791. The fourth-order valence-electron chi connectivity index (χ4n) is 4.01. The minimum absolute atomic E-state index is 0.278. The Morgan fingerprint density at radius 2 is 1.86 bits per heavy atom. The van der Waals surface area contributed by atoms with Gasteiger partial charge >= 0.3 is 6.03 Å². The van der Waals surface area contributed by atoms with Crippen molar-refractivity contribution in [3.05, 3.63) is 51.8 Å². The summed E-state index contributed by atoms with van der Waals surface area (Å²) in [5.41, 5.74) is 2.76. The van der Waals surface area contributed by atoms with Crippen molar-refractivity contribution in [1.29, 1.82) is 0 Å². The van der Waals surface area contributed by atoms with Gasteiger partial charge in [-0.05, 0) is 32.3 Å². The number of halogens is 1. The summed E-state index contributed by atoms with van der Waals surface area (Å²) in [6.07, 6.45) is 5.73. The first-order valence-electron chi connectivity index (χ1n) is 9.89. The van der Waals surface area contributed by atoms with Crippen molar-refractivity contribution in [2.75, 3.05) is 0 Å². The molecule has 0 radical (unpaired) electrons. The van der Waals surface area contributed by atoms with Gasteiger partial charge in [-0.3, -0.25) is 4.79 Å². The third-order valence-electron chi connectivity index (χ3n) is 5.71. The molecule has 1 aliphatic heterocycles. The third-order valence-corrected chi connectivity index (χ3v) is 6.11. The van der Waals surface area contributed by atoms with Gasteiger partial charge in [-0.15, -0.1) is 5.01 Å². The molecule has 0 atom stereocenters. The molecule has 152 valence electrons. The van der Waals surface area contributed by atoms with Gasteiger partial charge in [0.1, 0.15) is 10.7 Å². The molecule has 1 saturated heterocycles. The van der Waals surface area contributed by atoms with Crippen LogP contribution in [-0.2, 0) is 11.3 Å². The van der Waals surface area contributed by atoms with Crippen LogP contribution in [0.2, 0.25) is 5.15 Å². The van der Waals surface area contributed by atoms with E-state index in [1.54, 1.807) is 4.68 Å². The van der Waals surface area contributed by atoms with Gasteiger partial charge in [-0.2, -0.15) is 10.2 Å². The topological polar surface area (TPSA) is 79.6 Å². The Kier molecular flexibility index (Phi) is 5.17. The zero-order valence-electron chi connectivity index (χ0n) is 16.6. The number of rotatable bonds is 4. The minimum Gasteiger partial charge on any atom is -0.321 e. The fraction of sp³-hybridized carbons (Fsp3) is 0.429. The van der Waals surface area contributed by atoms with Gasteiger partial charge in [-0.1, -0.05) is 60.7 Å². The molecular formula is C21H24ClN5O2. The number of imide groups is 1. The highest BCUT2D eigenvalue weighted by molar-refractivity contribution is 6.32. The van der Waals surface area contributed by atoms with Crippen LogP contribution in [-0.4, -0.2) is 38.5 Å². The monoisotopic (exact) mass is 413 g/mol. The average Bonchev–Trinajstić information content (AvgIpc) is 3.09. The lowest BCUT2D eigenvalue weighted by molar-refractivity contribution is -0.132. The summed E-state index contributed by atoms with van der Waals surface area (Å²) in [6.45, 7) is 4.39. The van der Waals surface area contributed by atoms with E-state index < -0.39 is 11.6 Å². The maximum Gasteiger partial charge on any atom is 0.346 e. The molecule has 1 spiro atoms. The molecule has 2 aliphatic rings. The van der Waals surface area contributed by atoms with Gasteiger partial charge in [-0.25, -0.2) is 9.48 Å². The number of aromatic nitrogens is 2.